The van der Waals surface area contributed by atoms with Gasteiger partial charge in [0.25, 0.3) is 11.5 Å². The molecule has 0 radical (unpaired) electrons. The molecule has 176 valence electrons. The number of aryl methyl sites for hydroxylation is 1. The standard InChI is InChI=1S/C27H25N5O3/c1-18-10-9-15-31-16-20(28-25(18)31)17-35-23-14-8-7-13-22(23)26(33)29-24-19(2)30(3)32(27(24)34)21-11-5-4-6-12-21/h4-16H,17H2,1-3H3,(H,29,33). The van der Waals surface area contributed by atoms with Gasteiger partial charge in [-0.3, -0.25) is 14.3 Å². The third-order valence-electron chi connectivity index (χ3n) is 6.03. The number of carbonyl (C=O) groups is 1. The molecule has 1 amide bonds. The quantitative estimate of drug-likeness (QED) is 0.404. The van der Waals surface area contributed by atoms with Gasteiger partial charge >= 0.3 is 0 Å². The summed E-state index contributed by atoms with van der Waals surface area (Å²) in [7, 11) is 1.78. The molecule has 0 atom stereocenters. The molecular weight excluding hydrogens is 442 g/mol. The first-order valence-electron chi connectivity index (χ1n) is 11.2. The third-order valence-corrected chi connectivity index (χ3v) is 6.03. The van der Waals surface area contributed by atoms with E-state index in [2.05, 4.69) is 10.3 Å². The SMILES string of the molecule is Cc1cccn2cc(COc3ccccc3C(=O)Nc3c(C)n(C)n(-c4ccccc4)c3=O)nc12. The van der Waals surface area contributed by atoms with Crippen molar-refractivity contribution in [3.8, 4) is 11.4 Å². The highest BCUT2D eigenvalue weighted by Gasteiger charge is 2.20. The second kappa shape index (κ2) is 8.98. The molecule has 0 unspecified atom stereocenters. The molecule has 0 fully saturated rings. The number of ether oxygens (including phenoxy) is 1. The van der Waals surface area contributed by atoms with Gasteiger partial charge in [-0.15, -0.1) is 0 Å². The minimum Gasteiger partial charge on any atom is -0.486 e. The Balaban J connectivity index is 1.39. The molecule has 0 bridgehead atoms. The number of rotatable bonds is 6. The van der Waals surface area contributed by atoms with Gasteiger partial charge in [0, 0.05) is 19.4 Å². The second-order valence-electron chi connectivity index (χ2n) is 8.33. The fourth-order valence-corrected chi connectivity index (χ4v) is 4.10. The summed E-state index contributed by atoms with van der Waals surface area (Å²) in [5.74, 6) is -0.00629. The molecule has 0 aliphatic rings. The van der Waals surface area contributed by atoms with Gasteiger partial charge in [-0.05, 0) is 49.7 Å². The molecule has 8 heteroatoms. The van der Waals surface area contributed by atoms with E-state index in [1.807, 2.05) is 66.2 Å². The predicted octanol–water partition coefficient (Wildman–Crippen LogP) is 4.27. The average Bonchev–Trinajstić information content (AvgIpc) is 3.39. The van der Waals surface area contributed by atoms with Crippen molar-refractivity contribution in [3.05, 3.63) is 112 Å². The largest absolute Gasteiger partial charge is 0.486 e. The van der Waals surface area contributed by atoms with Crippen LogP contribution in [0.5, 0.6) is 5.75 Å². The zero-order valence-electron chi connectivity index (χ0n) is 19.7. The molecule has 5 rings (SSSR count). The van der Waals surface area contributed by atoms with Crippen molar-refractivity contribution >= 4 is 17.2 Å². The highest BCUT2D eigenvalue weighted by atomic mass is 16.5. The van der Waals surface area contributed by atoms with Gasteiger partial charge < -0.3 is 14.5 Å². The molecule has 2 aromatic carbocycles. The fraction of sp³-hybridized carbons (Fsp3) is 0.148. The van der Waals surface area contributed by atoms with Gasteiger partial charge in [0.05, 0.1) is 22.6 Å². The number of benzene rings is 2. The molecule has 0 aliphatic heterocycles. The number of amides is 1. The number of hydrogen-bond donors (Lipinski definition) is 1. The Morgan fingerprint density at radius 2 is 1.74 bits per heavy atom. The van der Waals surface area contributed by atoms with Gasteiger partial charge in [-0.1, -0.05) is 36.4 Å². The van der Waals surface area contributed by atoms with Crippen LogP contribution in [0.25, 0.3) is 11.3 Å². The van der Waals surface area contributed by atoms with Crippen molar-refractivity contribution in [2.45, 2.75) is 20.5 Å². The molecule has 3 aromatic heterocycles. The average molecular weight is 468 g/mol. The molecule has 35 heavy (non-hydrogen) atoms. The molecule has 0 saturated heterocycles. The lowest BCUT2D eigenvalue weighted by atomic mass is 10.2. The van der Waals surface area contributed by atoms with Crippen LogP contribution < -0.4 is 15.6 Å². The molecule has 3 heterocycles. The number of nitrogens with one attached hydrogen (secondary N) is 1. The Kier molecular flexibility index (Phi) is 5.70. The summed E-state index contributed by atoms with van der Waals surface area (Å²) < 4.78 is 11.2. The topological polar surface area (TPSA) is 82.6 Å². The van der Waals surface area contributed by atoms with Crippen LogP contribution in [0, 0.1) is 13.8 Å². The third kappa shape index (κ3) is 4.10. The van der Waals surface area contributed by atoms with E-state index >= 15 is 0 Å². The van der Waals surface area contributed by atoms with Crippen molar-refractivity contribution in [3.63, 3.8) is 0 Å². The summed E-state index contributed by atoms with van der Waals surface area (Å²) in [6.07, 6.45) is 3.84. The fourth-order valence-electron chi connectivity index (χ4n) is 4.10. The van der Waals surface area contributed by atoms with Crippen molar-refractivity contribution in [2.75, 3.05) is 5.32 Å². The molecule has 1 N–H and O–H groups in total. The first-order valence-corrected chi connectivity index (χ1v) is 11.2. The number of imidazole rings is 1. The summed E-state index contributed by atoms with van der Waals surface area (Å²) in [4.78, 5) is 31.0. The van der Waals surface area contributed by atoms with Crippen LogP contribution in [-0.2, 0) is 13.7 Å². The van der Waals surface area contributed by atoms with Crippen molar-refractivity contribution < 1.29 is 9.53 Å². The summed E-state index contributed by atoms with van der Waals surface area (Å²) in [6.45, 7) is 4.00. The smallest absolute Gasteiger partial charge is 0.295 e. The van der Waals surface area contributed by atoms with Crippen LogP contribution >= 0.6 is 0 Å². The normalized spacial score (nSPS) is 11.1. The molecule has 0 aliphatic carbocycles. The van der Waals surface area contributed by atoms with Crippen LogP contribution in [0.2, 0.25) is 0 Å². The van der Waals surface area contributed by atoms with Gasteiger partial charge in [-0.2, -0.15) is 0 Å². The number of para-hydroxylation sites is 2. The van der Waals surface area contributed by atoms with Crippen LogP contribution in [0.1, 0.15) is 27.3 Å². The number of nitrogens with zero attached hydrogens (tertiary/aromatic N) is 4. The Morgan fingerprint density at radius 1 is 1.00 bits per heavy atom. The lowest BCUT2D eigenvalue weighted by Crippen LogP contribution is -2.23. The number of pyridine rings is 1. The van der Waals surface area contributed by atoms with E-state index in [0.29, 0.717) is 17.0 Å². The van der Waals surface area contributed by atoms with Crippen molar-refractivity contribution in [1.29, 1.82) is 0 Å². The molecule has 5 aromatic rings. The first kappa shape index (κ1) is 22.2. The van der Waals surface area contributed by atoms with E-state index in [9.17, 15) is 9.59 Å². The highest BCUT2D eigenvalue weighted by molar-refractivity contribution is 6.06. The molecule has 0 saturated carbocycles. The lowest BCUT2D eigenvalue weighted by Gasteiger charge is -2.10. The van der Waals surface area contributed by atoms with Crippen LogP contribution in [0.4, 0.5) is 5.69 Å². The number of aromatic nitrogens is 4. The molecular formula is C27H25N5O3. The maximum absolute atomic E-state index is 13.2. The maximum Gasteiger partial charge on any atom is 0.295 e. The molecule has 8 nitrogen and oxygen atoms in total. The predicted molar refractivity (Wildman–Crippen MR) is 134 cm³/mol. The molecule has 0 spiro atoms. The summed E-state index contributed by atoms with van der Waals surface area (Å²) in [5.41, 5.74) is 4.31. The van der Waals surface area contributed by atoms with Gasteiger partial charge in [0.15, 0.2) is 0 Å². The Hall–Kier alpha value is -4.59. The van der Waals surface area contributed by atoms with E-state index in [0.717, 1.165) is 22.6 Å². The minimum absolute atomic E-state index is 0.205. The van der Waals surface area contributed by atoms with Crippen molar-refractivity contribution in [2.24, 2.45) is 7.05 Å². The van der Waals surface area contributed by atoms with Crippen LogP contribution in [0.3, 0.4) is 0 Å². The Labute approximate surface area is 202 Å². The highest BCUT2D eigenvalue weighted by Crippen LogP contribution is 2.22. The monoisotopic (exact) mass is 467 g/mol. The summed E-state index contributed by atoms with van der Waals surface area (Å²) >= 11 is 0. The number of hydrogen-bond acceptors (Lipinski definition) is 4. The summed E-state index contributed by atoms with van der Waals surface area (Å²) in [5, 5.41) is 2.80. The second-order valence-corrected chi connectivity index (χ2v) is 8.33. The number of carbonyl (C=O) groups excluding carboxylic acids is 1. The van der Waals surface area contributed by atoms with Gasteiger partial charge in [-0.25, -0.2) is 9.67 Å². The van der Waals surface area contributed by atoms with Gasteiger partial charge in [0.1, 0.15) is 23.7 Å². The first-order chi connectivity index (χ1) is 16.9. The zero-order valence-corrected chi connectivity index (χ0v) is 19.7. The van der Waals surface area contributed by atoms with E-state index < -0.39 is 5.91 Å². The Bertz CT molecular complexity index is 1590. The van der Waals surface area contributed by atoms with Crippen molar-refractivity contribution in [1.82, 2.24) is 18.7 Å². The zero-order chi connectivity index (χ0) is 24.5. The van der Waals surface area contributed by atoms with E-state index in [-0.39, 0.29) is 17.9 Å². The van der Waals surface area contributed by atoms with E-state index in [1.54, 1.807) is 42.9 Å². The van der Waals surface area contributed by atoms with Gasteiger partial charge in [0.2, 0.25) is 0 Å². The van der Waals surface area contributed by atoms with E-state index in [1.165, 1.54) is 4.68 Å². The number of fused-ring (bicyclic) bond motifs is 1. The summed E-state index contributed by atoms with van der Waals surface area (Å²) in [6, 6.07) is 20.2. The maximum atomic E-state index is 13.2. The van der Waals surface area contributed by atoms with Crippen LogP contribution in [0.15, 0.2) is 83.9 Å². The van der Waals surface area contributed by atoms with E-state index in [4.69, 9.17) is 4.74 Å². The van der Waals surface area contributed by atoms with Crippen LogP contribution in [-0.4, -0.2) is 24.7 Å². The number of anilines is 1. The minimum atomic E-state index is -0.419. The Morgan fingerprint density at radius 3 is 2.51 bits per heavy atom. The lowest BCUT2D eigenvalue weighted by molar-refractivity contribution is 0.102.